The van der Waals surface area contributed by atoms with Gasteiger partial charge >= 0.3 is 5.97 Å². The summed E-state index contributed by atoms with van der Waals surface area (Å²) < 4.78 is 9.92. The highest BCUT2D eigenvalue weighted by molar-refractivity contribution is 5.94. The van der Waals surface area contributed by atoms with Gasteiger partial charge in [0.05, 0.1) is 6.26 Å². The van der Waals surface area contributed by atoms with E-state index in [9.17, 15) is 14.4 Å². The van der Waals surface area contributed by atoms with E-state index in [0.29, 0.717) is 0 Å². The number of nitrogens with one attached hydrogen (secondary N) is 1. The molecule has 0 fully saturated rings. The molecular weight excluding hydrogens is 300 g/mol. The molecule has 1 atom stereocenters. The summed E-state index contributed by atoms with van der Waals surface area (Å²) >= 11 is 0. The van der Waals surface area contributed by atoms with Gasteiger partial charge in [-0.2, -0.15) is 0 Å². The molecule has 128 valence electrons. The van der Waals surface area contributed by atoms with Crippen LogP contribution in [0.25, 0.3) is 0 Å². The molecule has 0 spiro atoms. The van der Waals surface area contributed by atoms with Crippen molar-refractivity contribution in [2.75, 3.05) is 6.61 Å². The minimum atomic E-state index is -0.882. The van der Waals surface area contributed by atoms with Crippen LogP contribution in [0.5, 0.6) is 0 Å². The van der Waals surface area contributed by atoms with Crippen molar-refractivity contribution in [3.63, 3.8) is 0 Å². The summed E-state index contributed by atoms with van der Waals surface area (Å²) in [6.45, 7) is 8.71. The Bertz CT molecular complexity index is 529. The molecule has 2 amide bonds. The van der Waals surface area contributed by atoms with Gasteiger partial charge in [-0.15, -0.1) is 0 Å². The summed E-state index contributed by atoms with van der Waals surface area (Å²) in [4.78, 5) is 37.4. The normalized spacial score (nSPS) is 12.1. The molecule has 1 rings (SSSR count). The first-order chi connectivity index (χ1) is 10.7. The van der Waals surface area contributed by atoms with E-state index in [2.05, 4.69) is 5.32 Å². The fourth-order valence-electron chi connectivity index (χ4n) is 2.24. The molecule has 1 aromatic heterocycles. The summed E-state index contributed by atoms with van der Waals surface area (Å²) in [6, 6.07) is 2.20. The second-order valence-corrected chi connectivity index (χ2v) is 5.77. The maximum Gasteiger partial charge on any atom is 0.328 e. The summed E-state index contributed by atoms with van der Waals surface area (Å²) in [5.74, 6) is -1.36. The number of hydrogen-bond donors (Lipinski definition) is 1. The number of rotatable bonds is 7. The van der Waals surface area contributed by atoms with Crippen LogP contribution in [0.2, 0.25) is 0 Å². The van der Waals surface area contributed by atoms with Crippen molar-refractivity contribution in [2.45, 2.75) is 52.7 Å². The molecule has 0 aliphatic heterocycles. The van der Waals surface area contributed by atoms with Crippen molar-refractivity contribution >= 4 is 17.8 Å². The van der Waals surface area contributed by atoms with Gasteiger partial charge in [-0.3, -0.25) is 9.59 Å². The third-order valence-electron chi connectivity index (χ3n) is 3.18. The van der Waals surface area contributed by atoms with E-state index in [1.807, 2.05) is 27.7 Å². The topological polar surface area (TPSA) is 88.9 Å². The van der Waals surface area contributed by atoms with E-state index in [-0.39, 0.29) is 30.4 Å². The highest BCUT2D eigenvalue weighted by Gasteiger charge is 2.24. The smallest absolute Gasteiger partial charge is 0.328 e. The molecule has 0 aliphatic carbocycles. The lowest BCUT2D eigenvalue weighted by atomic mass is 10.2. The largest absolute Gasteiger partial charge is 0.459 e. The number of esters is 1. The van der Waals surface area contributed by atoms with E-state index in [0.717, 1.165) is 0 Å². The summed E-state index contributed by atoms with van der Waals surface area (Å²) in [6.07, 6.45) is 1.36. The van der Waals surface area contributed by atoms with Crippen LogP contribution in [0.15, 0.2) is 22.8 Å². The van der Waals surface area contributed by atoms with Crippen LogP contribution in [0.3, 0.4) is 0 Å². The molecule has 1 N–H and O–H groups in total. The Morgan fingerprint density at radius 1 is 1.17 bits per heavy atom. The monoisotopic (exact) mass is 324 g/mol. The van der Waals surface area contributed by atoms with Crippen LogP contribution in [-0.4, -0.2) is 47.4 Å². The second-order valence-electron chi connectivity index (χ2n) is 5.77. The highest BCUT2D eigenvalue weighted by Crippen LogP contribution is 2.06. The van der Waals surface area contributed by atoms with Gasteiger partial charge in [0.2, 0.25) is 0 Å². The van der Waals surface area contributed by atoms with Gasteiger partial charge in [0, 0.05) is 12.1 Å². The zero-order valence-corrected chi connectivity index (χ0v) is 14.2. The second kappa shape index (κ2) is 8.36. The standard InChI is InChI=1S/C16H24N2O5/c1-10(2)18(11(3)4)14(19)9-23-16(21)12(5)17-15(20)13-7-6-8-22-13/h6-8,10-12H,9H2,1-5H3,(H,17,20)/t12-/m0/s1. The Hall–Kier alpha value is -2.31. The van der Waals surface area contributed by atoms with Gasteiger partial charge in [0.15, 0.2) is 12.4 Å². The molecule has 1 heterocycles. The Balaban J connectivity index is 2.49. The molecule has 7 heteroatoms. The Morgan fingerprint density at radius 3 is 2.26 bits per heavy atom. The van der Waals surface area contributed by atoms with Gasteiger partial charge in [-0.1, -0.05) is 0 Å². The van der Waals surface area contributed by atoms with Crippen LogP contribution in [-0.2, 0) is 14.3 Å². The lowest BCUT2D eigenvalue weighted by Gasteiger charge is -2.30. The fourth-order valence-corrected chi connectivity index (χ4v) is 2.24. The number of hydrogen-bond acceptors (Lipinski definition) is 5. The lowest BCUT2D eigenvalue weighted by molar-refractivity contribution is -0.154. The van der Waals surface area contributed by atoms with Crippen LogP contribution >= 0.6 is 0 Å². The third kappa shape index (κ3) is 5.43. The van der Waals surface area contributed by atoms with Crippen molar-refractivity contribution < 1.29 is 23.5 Å². The van der Waals surface area contributed by atoms with Crippen molar-refractivity contribution in [2.24, 2.45) is 0 Å². The quantitative estimate of drug-likeness (QED) is 0.769. The average Bonchev–Trinajstić information content (AvgIpc) is 2.97. The highest BCUT2D eigenvalue weighted by atomic mass is 16.5. The molecule has 7 nitrogen and oxygen atoms in total. The van der Waals surface area contributed by atoms with Crippen LogP contribution < -0.4 is 5.32 Å². The van der Waals surface area contributed by atoms with Crippen LogP contribution in [0, 0.1) is 0 Å². The maximum absolute atomic E-state index is 12.1. The van der Waals surface area contributed by atoms with Gasteiger partial charge in [0.25, 0.3) is 11.8 Å². The van der Waals surface area contributed by atoms with Gasteiger partial charge in [0.1, 0.15) is 6.04 Å². The number of amides is 2. The Kier molecular flexibility index (Phi) is 6.81. The summed E-state index contributed by atoms with van der Waals surface area (Å²) in [5.41, 5.74) is 0. The van der Waals surface area contributed by atoms with Crippen molar-refractivity contribution in [3.8, 4) is 0 Å². The van der Waals surface area contributed by atoms with E-state index in [1.165, 1.54) is 19.3 Å². The minimum absolute atomic E-state index is 0.0114. The molecule has 0 saturated heterocycles. The molecule has 0 radical (unpaired) electrons. The van der Waals surface area contributed by atoms with Gasteiger partial charge in [-0.25, -0.2) is 4.79 Å². The van der Waals surface area contributed by atoms with E-state index < -0.39 is 17.9 Å². The average molecular weight is 324 g/mol. The molecule has 0 saturated carbocycles. The molecular formula is C16H24N2O5. The lowest BCUT2D eigenvalue weighted by Crippen LogP contribution is -2.45. The Labute approximate surface area is 136 Å². The first-order valence-electron chi connectivity index (χ1n) is 7.56. The predicted molar refractivity (Wildman–Crippen MR) is 83.7 cm³/mol. The number of nitrogens with zero attached hydrogens (tertiary/aromatic N) is 1. The molecule has 23 heavy (non-hydrogen) atoms. The number of carbonyl (C=O) groups is 3. The first kappa shape index (κ1) is 18.7. The van der Waals surface area contributed by atoms with E-state index in [1.54, 1.807) is 11.0 Å². The zero-order valence-electron chi connectivity index (χ0n) is 14.2. The van der Waals surface area contributed by atoms with E-state index >= 15 is 0 Å². The Morgan fingerprint density at radius 2 is 1.78 bits per heavy atom. The van der Waals surface area contributed by atoms with Crippen molar-refractivity contribution in [1.29, 1.82) is 0 Å². The summed E-state index contributed by atoms with van der Waals surface area (Å²) in [5, 5.41) is 2.45. The maximum atomic E-state index is 12.1. The third-order valence-corrected chi connectivity index (χ3v) is 3.18. The first-order valence-corrected chi connectivity index (χ1v) is 7.56. The van der Waals surface area contributed by atoms with Crippen molar-refractivity contribution in [1.82, 2.24) is 10.2 Å². The number of ether oxygens (including phenoxy) is 1. The van der Waals surface area contributed by atoms with Gasteiger partial charge < -0.3 is 19.4 Å². The molecule has 0 aromatic carbocycles. The summed E-state index contributed by atoms with van der Waals surface area (Å²) in [7, 11) is 0. The number of furan rings is 1. The molecule has 1 aromatic rings. The fraction of sp³-hybridized carbons (Fsp3) is 0.562. The molecule has 0 unspecified atom stereocenters. The van der Waals surface area contributed by atoms with Crippen LogP contribution in [0.4, 0.5) is 0 Å². The zero-order chi connectivity index (χ0) is 17.6. The number of carbonyl (C=O) groups excluding carboxylic acids is 3. The predicted octanol–water partition coefficient (Wildman–Crippen LogP) is 1.59. The van der Waals surface area contributed by atoms with Crippen molar-refractivity contribution in [3.05, 3.63) is 24.2 Å². The SMILES string of the molecule is CC(C)N(C(=O)COC(=O)[C@H](C)NC(=O)c1ccco1)C(C)C. The van der Waals surface area contributed by atoms with Gasteiger partial charge in [-0.05, 0) is 46.8 Å². The molecule has 0 bridgehead atoms. The van der Waals surface area contributed by atoms with E-state index in [4.69, 9.17) is 9.15 Å². The van der Waals surface area contributed by atoms with Crippen LogP contribution in [0.1, 0.15) is 45.2 Å². The molecule has 0 aliphatic rings. The minimum Gasteiger partial charge on any atom is -0.459 e.